The molecule has 2 heteroatoms. The molecule has 0 aromatic heterocycles. The lowest BCUT2D eigenvalue weighted by molar-refractivity contribution is 0.0107. The number of hydrogen-bond donors (Lipinski definition) is 2. The van der Waals surface area contributed by atoms with Gasteiger partial charge in [-0.1, -0.05) is 62.4 Å². The van der Waals surface area contributed by atoms with E-state index in [-0.39, 0.29) is 11.5 Å². The Hall–Kier alpha value is -0.860. The molecule has 0 aliphatic heterocycles. The first-order chi connectivity index (χ1) is 9.27. The molecule has 1 aromatic carbocycles. The maximum Gasteiger partial charge on any atom is 0.0648 e. The Balaban J connectivity index is 2.05. The molecule has 2 nitrogen and oxygen atoms in total. The first-order valence-electron chi connectivity index (χ1n) is 7.69. The summed E-state index contributed by atoms with van der Waals surface area (Å²) in [7, 11) is 0. The second kappa shape index (κ2) is 7.06. The molecule has 0 spiro atoms. The van der Waals surface area contributed by atoms with Crippen molar-refractivity contribution in [2.75, 3.05) is 6.54 Å². The molecule has 1 aromatic rings. The first-order valence-corrected chi connectivity index (χ1v) is 7.69. The Morgan fingerprint density at radius 3 is 2.16 bits per heavy atom. The van der Waals surface area contributed by atoms with Crippen molar-refractivity contribution in [1.29, 1.82) is 0 Å². The van der Waals surface area contributed by atoms with Crippen LogP contribution >= 0.6 is 0 Å². The van der Waals surface area contributed by atoms with Crippen LogP contribution in [0.5, 0.6) is 0 Å². The van der Waals surface area contributed by atoms with Gasteiger partial charge in [-0.15, -0.1) is 0 Å². The normalized spacial score (nSPS) is 21.4. The van der Waals surface area contributed by atoms with Gasteiger partial charge >= 0.3 is 0 Å². The molecular weight excluding hydrogens is 234 g/mol. The quantitative estimate of drug-likeness (QED) is 0.873. The van der Waals surface area contributed by atoms with Gasteiger partial charge in [-0.3, -0.25) is 0 Å². The third kappa shape index (κ3) is 3.80. The third-order valence-corrected chi connectivity index (χ3v) is 4.73. The Labute approximate surface area is 117 Å². The van der Waals surface area contributed by atoms with Crippen molar-refractivity contribution in [3.8, 4) is 0 Å². The summed E-state index contributed by atoms with van der Waals surface area (Å²) in [6, 6.07) is 10.3. The number of rotatable bonds is 4. The van der Waals surface area contributed by atoms with Crippen LogP contribution in [-0.2, 0) is 6.42 Å². The van der Waals surface area contributed by atoms with Crippen molar-refractivity contribution in [3.63, 3.8) is 0 Å². The molecule has 19 heavy (non-hydrogen) atoms. The van der Waals surface area contributed by atoms with Crippen molar-refractivity contribution in [3.05, 3.63) is 35.9 Å². The number of nitrogens with two attached hydrogens (primary N) is 1. The Kier molecular flexibility index (Phi) is 5.41. The molecule has 2 rings (SSSR count). The highest BCUT2D eigenvalue weighted by Crippen LogP contribution is 2.37. The van der Waals surface area contributed by atoms with Crippen LogP contribution in [0.3, 0.4) is 0 Å². The van der Waals surface area contributed by atoms with E-state index in [1.54, 1.807) is 0 Å². The largest absolute Gasteiger partial charge is 0.392 e. The second-order valence-corrected chi connectivity index (χ2v) is 6.04. The number of benzene rings is 1. The molecule has 1 aliphatic rings. The van der Waals surface area contributed by atoms with Gasteiger partial charge < -0.3 is 10.8 Å². The van der Waals surface area contributed by atoms with Crippen LogP contribution in [-0.4, -0.2) is 17.8 Å². The summed E-state index contributed by atoms with van der Waals surface area (Å²) in [4.78, 5) is 0. The SMILES string of the molecule is NCC1(C(O)Cc2ccccc2)CCCCCCC1. The maximum absolute atomic E-state index is 10.7. The lowest BCUT2D eigenvalue weighted by Crippen LogP contribution is -2.43. The summed E-state index contributed by atoms with van der Waals surface area (Å²) in [5.74, 6) is 0. The molecule has 1 unspecified atom stereocenters. The zero-order valence-electron chi connectivity index (χ0n) is 11.9. The van der Waals surface area contributed by atoms with E-state index in [1.807, 2.05) is 18.2 Å². The summed E-state index contributed by atoms with van der Waals surface area (Å²) in [6.45, 7) is 0.612. The average molecular weight is 261 g/mol. The van der Waals surface area contributed by atoms with Crippen molar-refractivity contribution < 1.29 is 5.11 Å². The van der Waals surface area contributed by atoms with Gasteiger partial charge in [0.05, 0.1) is 6.10 Å². The van der Waals surface area contributed by atoms with E-state index >= 15 is 0 Å². The highest BCUT2D eigenvalue weighted by molar-refractivity contribution is 5.16. The smallest absolute Gasteiger partial charge is 0.0648 e. The zero-order valence-corrected chi connectivity index (χ0v) is 11.9. The van der Waals surface area contributed by atoms with Gasteiger partial charge in [0.25, 0.3) is 0 Å². The van der Waals surface area contributed by atoms with E-state index in [0.29, 0.717) is 6.54 Å². The van der Waals surface area contributed by atoms with Gasteiger partial charge in [-0.2, -0.15) is 0 Å². The minimum atomic E-state index is -0.307. The predicted octanol–water partition coefficient (Wildman–Crippen LogP) is 3.28. The van der Waals surface area contributed by atoms with E-state index in [2.05, 4.69) is 12.1 Å². The number of aliphatic hydroxyl groups is 1. The minimum absolute atomic E-state index is 0.0593. The lowest BCUT2D eigenvalue weighted by atomic mass is 9.70. The van der Waals surface area contributed by atoms with E-state index in [9.17, 15) is 5.11 Å². The van der Waals surface area contributed by atoms with Crippen molar-refractivity contribution in [2.24, 2.45) is 11.1 Å². The number of aliphatic hydroxyl groups excluding tert-OH is 1. The monoisotopic (exact) mass is 261 g/mol. The molecule has 0 amide bonds. The third-order valence-electron chi connectivity index (χ3n) is 4.73. The second-order valence-electron chi connectivity index (χ2n) is 6.04. The topological polar surface area (TPSA) is 46.2 Å². The molecule has 1 atom stereocenters. The van der Waals surface area contributed by atoms with Gasteiger partial charge in [0.1, 0.15) is 0 Å². The van der Waals surface area contributed by atoms with Gasteiger partial charge in [0, 0.05) is 12.0 Å². The summed E-state index contributed by atoms with van der Waals surface area (Å²) in [5.41, 5.74) is 7.21. The fourth-order valence-electron chi connectivity index (χ4n) is 3.34. The molecular formula is C17H27NO. The molecule has 3 N–H and O–H groups in total. The summed E-state index contributed by atoms with van der Waals surface area (Å²) in [5, 5.41) is 10.7. The Bertz CT molecular complexity index is 355. The molecule has 106 valence electrons. The molecule has 0 heterocycles. The minimum Gasteiger partial charge on any atom is -0.392 e. The van der Waals surface area contributed by atoms with Crippen LogP contribution in [0.1, 0.15) is 50.5 Å². The van der Waals surface area contributed by atoms with Crippen LogP contribution < -0.4 is 5.73 Å². The molecule has 1 saturated carbocycles. The molecule has 1 fully saturated rings. The van der Waals surface area contributed by atoms with Gasteiger partial charge in [0.15, 0.2) is 0 Å². The Morgan fingerprint density at radius 2 is 1.58 bits per heavy atom. The van der Waals surface area contributed by atoms with Crippen LogP contribution in [0.15, 0.2) is 30.3 Å². The fourth-order valence-corrected chi connectivity index (χ4v) is 3.34. The first kappa shape index (κ1) is 14.5. The van der Waals surface area contributed by atoms with Crippen LogP contribution in [0, 0.1) is 5.41 Å². The Morgan fingerprint density at radius 1 is 1.00 bits per heavy atom. The maximum atomic E-state index is 10.7. The predicted molar refractivity (Wildman–Crippen MR) is 80.0 cm³/mol. The van der Waals surface area contributed by atoms with Gasteiger partial charge in [0.2, 0.25) is 0 Å². The van der Waals surface area contributed by atoms with Gasteiger partial charge in [-0.25, -0.2) is 0 Å². The van der Waals surface area contributed by atoms with Crippen LogP contribution in [0.2, 0.25) is 0 Å². The highest BCUT2D eigenvalue weighted by atomic mass is 16.3. The van der Waals surface area contributed by atoms with Crippen molar-refractivity contribution >= 4 is 0 Å². The zero-order chi connectivity index (χ0) is 13.6. The standard InChI is InChI=1S/C17H27NO/c18-14-17(11-7-2-1-3-8-12-17)16(19)13-15-9-5-4-6-10-15/h4-6,9-10,16,19H,1-3,7-8,11-14,18H2. The lowest BCUT2D eigenvalue weighted by Gasteiger charge is -2.39. The summed E-state index contributed by atoms with van der Waals surface area (Å²) >= 11 is 0. The summed E-state index contributed by atoms with van der Waals surface area (Å²) in [6.07, 6.45) is 8.94. The molecule has 1 aliphatic carbocycles. The molecule has 0 bridgehead atoms. The summed E-state index contributed by atoms with van der Waals surface area (Å²) < 4.78 is 0. The van der Waals surface area contributed by atoms with E-state index in [4.69, 9.17) is 5.73 Å². The van der Waals surface area contributed by atoms with Crippen LogP contribution in [0.25, 0.3) is 0 Å². The van der Waals surface area contributed by atoms with Crippen molar-refractivity contribution in [1.82, 2.24) is 0 Å². The van der Waals surface area contributed by atoms with Gasteiger partial charge in [-0.05, 0) is 24.8 Å². The highest BCUT2D eigenvalue weighted by Gasteiger charge is 2.36. The van der Waals surface area contributed by atoms with Crippen LogP contribution in [0.4, 0.5) is 0 Å². The van der Waals surface area contributed by atoms with E-state index in [1.165, 1.54) is 37.7 Å². The molecule has 0 saturated heterocycles. The van der Waals surface area contributed by atoms with Crippen molar-refractivity contribution in [2.45, 2.75) is 57.5 Å². The van der Waals surface area contributed by atoms with E-state index < -0.39 is 0 Å². The molecule has 0 radical (unpaired) electrons. The number of hydrogen-bond acceptors (Lipinski definition) is 2. The average Bonchev–Trinajstić information content (AvgIpc) is 2.40. The van der Waals surface area contributed by atoms with E-state index in [0.717, 1.165) is 19.3 Å². The fraction of sp³-hybridized carbons (Fsp3) is 0.647.